The Morgan fingerprint density at radius 2 is 2.16 bits per heavy atom. The number of nitrogens with zero attached hydrogens (tertiary/aromatic N) is 1. The molecule has 1 aliphatic heterocycles. The number of carbonyl (C=O) groups is 1. The fraction of sp³-hybridized carbons (Fsp3) is 0.474. The molecule has 1 aliphatic rings. The minimum atomic E-state index is 0.0389. The van der Waals surface area contributed by atoms with Crippen LogP contribution in [0.4, 0.5) is 0 Å². The molecule has 2 atom stereocenters. The Morgan fingerprint density at radius 1 is 1.32 bits per heavy atom. The second kappa shape index (κ2) is 8.54. The number of thioether (sulfide) groups is 1. The average Bonchev–Trinajstić information content (AvgIpc) is 3.19. The maximum absolute atomic E-state index is 12.3. The van der Waals surface area contributed by atoms with Crippen molar-refractivity contribution >= 4 is 17.7 Å². The van der Waals surface area contributed by atoms with E-state index >= 15 is 0 Å². The zero-order valence-electron chi connectivity index (χ0n) is 14.7. The summed E-state index contributed by atoms with van der Waals surface area (Å²) in [5.74, 6) is 2.45. The number of aryl methyl sites for hydroxylation is 2. The van der Waals surface area contributed by atoms with Gasteiger partial charge in [-0.25, -0.2) is 0 Å². The molecule has 0 radical (unpaired) electrons. The van der Waals surface area contributed by atoms with Gasteiger partial charge < -0.3 is 14.6 Å². The molecule has 2 aromatic rings. The number of ether oxygens (including phenoxy) is 1. The Hall–Kier alpha value is -1.79. The van der Waals surface area contributed by atoms with E-state index < -0.39 is 0 Å². The molecule has 1 amide bonds. The minimum Gasteiger partial charge on any atom is -0.379 e. The highest BCUT2D eigenvalue weighted by Crippen LogP contribution is 2.20. The lowest BCUT2D eigenvalue weighted by Gasteiger charge is -2.18. The molecule has 3 rings (SSSR count). The summed E-state index contributed by atoms with van der Waals surface area (Å²) >= 11 is 1.64. The molecule has 1 fully saturated rings. The Morgan fingerprint density at radius 3 is 2.92 bits per heavy atom. The molecular formula is C19H24N2O3S. The van der Waals surface area contributed by atoms with Gasteiger partial charge in [0.05, 0.1) is 30.7 Å². The zero-order valence-corrected chi connectivity index (χ0v) is 15.5. The molecular weight excluding hydrogens is 336 g/mol. The first kappa shape index (κ1) is 18.0. The first-order valence-electron chi connectivity index (χ1n) is 8.53. The molecule has 2 heterocycles. The van der Waals surface area contributed by atoms with Crippen LogP contribution in [-0.4, -0.2) is 36.1 Å². The van der Waals surface area contributed by atoms with Crippen LogP contribution < -0.4 is 5.32 Å². The highest BCUT2D eigenvalue weighted by molar-refractivity contribution is 7.99. The van der Waals surface area contributed by atoms with Crippen molar-refractivity contribution in [1.82, 2.24) is 10.5 Å². The molecule has 5 nitrogen and oxygen atoms in total. The maximum atomic E-state index is 12.3. The van der Waals surface area contributed by atoms with Gasteiger partial charge in [0.15, 0.2) is 0 Å². The van der Waals surface area contributed by atoms with Crippen LogP contribution in [0, 0.1) is 19.8 Å². The molecule has 1 N–H and O–H groups in total. The molecule has 0 spiro atoms. The number of hydrogen-bond acceptors (Lipinski definition) is 5. The van der Waals surface area contributed by atoms with Gasteiger partial charge in [0.1, 0.15) is 5.76 Å². The summed E-state index contributed by atoms with van der Waals surface area (Å²) in [6.07, 6.45) is 0.738. The highest BCUT2D eigenvalue weighted by atomic mass is 32.2. The number of amides is 1. The number of rotatable bonds is 7. The third-order valence-electron chi connectivity index (χ3n) is 4.44. The van der Waals surface area contributed by atoms with Crippen molar-refractivity contribution in [3.8, 4) is 0 Å². The summed E-state index contributed by atoms with van der Waals surface area (Å²) in [6, 6.07) is 10.3. The lowest BCUT2D eigenvalue weighted by Crippen LogP contribution is -2.41. The van der Waals surface area contributed by atoms with Crippen LogP contribution >= 0.6 is 11.8 Å². The largest absolute Gasteiger partial charge is 0.379 e. The fourth-order valence-corrected chi connectivity index (χ4v) is 3.92. The van der Waals surface area contributed by atoms with Crippen molar-refractivity contribution in [2.75, 3.05) is 19.0 Å². The van der Waals surface area contributed by atoms with Crippen molar-refractivity contribution in [2.24, 2.45) is 5.92 Å². The predicted octanol–water partition coefficient (Wildman–Crippen LogP) is 2.90. The molecule has 1 saturated heterocycles. The molecule has 134 valence electrons. The molecule has 0 unspecified atom stereocenters. The van der Waals surface area contributed by atoms with E-state index in [1.165, 1.54) is 11.1 Å². The van der Waals surface area contributed by atoms with Crippen molar-refractivity contribution in [2.45, 2.75) is 32.1 Å². The van der Waals surface area contributed by atoms with Gasteiger partial charge >= 0.3 is 0 Å². The fourth-order valence-electron chi connectivity index (χ4n) is 3.00. The smallest absolute Gasteiger partial charge is 0.230 e. The Labute approximate surface area is 152 Å². The SMILES string of the molecule is Cc1cc(C[C@H]2COC[C@H]2NC(=O)CSCc2ccccc2C)on1. The van der Waals surface area contributed by atoms with Gasteiger partial charge in [-0.1, -0.05) is 29.4 Å². The lowest BCUT2D eigenvalue weighted by molar-refractivity contribution is -0.119. The zero-order chi connectivity index (χ0) is 17.6. The van der Waals surface area contributed by atoms with Crippen molar-refractivity contribution in [3.05, 3.63) is 52.9 Å². The maximum Gasteiger partial charge on any atom is 0.230 e. The van der Waals surface area contributed by atoms with Gasteiger partial charge in [0.25, 0.3) is 0 Å². The summed E-state index contributed by atoms with van der Waals surface area (Å²) in [6.45, 7) is 5.21. The van der Waals surface area contributed by atoms with Crippen molar-refractivity contribution < 1.29 is 14.1 Å². The number of aromatic nitrogens is 1. The van der Waals surface area contributed by atoms with E-state index in [9.17, 15) is 4.79 Å². The van der Waals surface area contributed by atoms with E-state index in [2.05, 4.69) is 29.5 Å². The number of benzene rings is 1. The van der Waals surface area contributed by atoms with Gasteiger partial charge in [0, 0.05) is 24.2 Å². The molecule has 1 aromatic carbocycles. The third kappa shape index (κ3) is 5.09. The standard InChI is InChI=1S/C19H24N2O3S/c1-13-5-3-4-6-15(13)11-25-12-19(22)20-18-10-23-9-16(18)8-17-7-14(2)21-24-17/h3-7,16,18H,8-12H2,1-2H3,(H,20,22)/t16-,18+/m0/s1. The molecule has 1 aromatic heterocycles. The summed E-state index contributed by atoms with van der Waals surface area (Å²) in [5, 5.41) is 7.02. The summed E-state index contributed by atoms with van der Waals surface area (Å²) in [5.41, 5.74) is 3.42. The molecule has 0 saturated carbocycles. The summed E-state index contributed by atoms with van der Waals surface area (Å²) in [7, 11) is 0. The second-order valence-corrected chi connectivity index (χ2v) is 7.52. The Kier molecular flexibility index (Phi) is 6.15. The Bertz CT molecular complexity index is 716. The van der Waals surface area contributed by atoms with Crippen molar-refractivity contribution in [3.63, 3.8) is 0 Å². The first-order valence-corrected chi connectivity index (χ1v) is 9.69. The monoisotopic (exact) mass is 360 g/mol. The van der Waals surface area contributed by atoms with Crippen molar-refractivity contribution in [1.29, 1.82) is 0 Å². The molecule has 6 heteroatoms. The van der Waals surface area contributed by atoms with E-state index in [4.69, 9.17) is 9.26 Å². The average molecular weight is 360 g/mol. The first-order chi connectivity index (χ1) is 12.1. The summed E-state index contributed by atoms with van der Waals surface area (Å²) < 4.78 is 10.8. The lowest BCUT2D eigenvalue weighted by atomic mass is 9.98. The van der Waals surface area contributed by atoms with Crippen LogP contribution in [0.5, 0.6) is 0 Å². The van der Waals surface area contributed by atoms with Gasteiger partial charge in [-0.05, 0) is 25.0 Å². The van der Waals surface area contributed by atoms with Crippen LogP contribution in [-0.2, 0) is 21.7 Å². The van der Waals surface area contributed by atoms with Gasteiger partial charge in [-0.15, -0.1) is 11.8 Å². The van der Waals surface area contributed by atoms with E-state index in [0.29, 0.717) is 19.0 Å². The third-order valence-corrected chi connectivity index (χ3v) is 5.42. The van der Waals surface area contributed by atoms with Gasteiger partial charge in [-0.2, -0.15) is 0 Å². The highest BCUT2D eigenvalue weighted by Gasteiger charge is 2.30. The summed E-state index contributed by atoms with van der Waals surface area (Å²) in [4.78, 5) is 12.3. The second-order valence-electron chi connectivity index (χ2n) is 6.53. The molecule has 0 aliphatic carbocycles. The number of hydrogen-bond donors (Lipinski definition) is 1. The van der Waals surface area contributed by atoms with Gasteiger partial charge in [-0.3, -0.25) is 4.79 Å². The normalized spacial score (nSPS) is 19.9. The van der Waals surface area contributed by atoms with Crippen LogP contribution in [0.25, 0.3) is 0 Å². The Balaban J connectivity index is 1.44. The quantitative estimate of drug-likeness (QED) is 0.822. The topological polar surface area (TPSA) is 64.4 Å². The minimum absolute atomic E-state index is 0.0389. The van der Waals surface area contributed by atoms with Crippen LogP contribution in [0.2, 0.25) is 0 Å². The number of carbonyl (C=O) groups excluding carboxylic acids is 1. The van der Waals surface area contributed by atoms with E-state index in [-0.39, 0.29) is 17.9 Å². The van der Waals surface area contributed by atoms with Crippen LogP contribution in [0.1, 0.15) is 22.6 Å². The molecule has 25 heavy (non-hydrogen) atoms. The van der Waals surface area contributed by atoms with E-state index in [1.807, 2.05) is 25.1 Å². The predicted molar refractivity (Wildman–Crippen MR) is 98.5 cm³/mol. The van der Waals surface area contributed by atoms with E-state index in [0.717, 1.165) is 23.6 Å². The molecule has 0 bridgehead atoms. The van der Waals surface area contributed by atoms with Gasteiger partial charge in [0.2, 0.25) is 5.91 Å². The van der Waals surface area contributed by atoms with Crippen LogP contribution in [0.3, 0.4) is 0 Å². The number of nitrogens with one attached hydrogen (secondary N) is 1. The van der Waals surface area contributed by atoms with E-state index in [1.54, 1.807) is 11.8 Å². The van der Waals surface area contributed by atoms with Crippen LogP contribution in [0.15, 0.2) is 34.9 Å².